The summed E-state index contributed by atoms with van der Waals surface area (Å²) in [5.74, 6) is -5.99. The molecule has 0 aromatic heterocycles. The summed E-state index contributed by atoms with van der Waals surface area (Å²) in [4.78, 5) is 78.8. The number of rotatable bonds is 7. The highest BCUT2D eigenvalue weighted by molar-refractivity contribution is 5.89. The third-order valence-corrected chi connectivity index (χ3v) is 11.8. The molecule has 13 heteroatoms. The number of fused-ring (bicyclic) bond motifs is 5. The van der Waals surface area contributed by atoms with Crippen molar-refractivity contribution in [2.45, 2.75) is 130 Å². The van der Waals surface area contributed by atoms with Crippen molar-refractivity contribution >= 4 is 35.8 Å². The summed E-state index contributed by atoms with van der Waals surface area (Å²) in [7, 11) is 0. The maximum Gasteiger partial charge on any atom is 0.338 e. The largest absolute Gasteiger partial charge is 0.462 e. The molecule has 1 aromatic carbocycles. The van der Waals surface area contributed by atoms with E-state index in [0.717, 1.165) is 0 Å². The first-order chi connectivity index (χ1) is 23.7. The number of ether oxygens (including phenoxy) is 6. The Morgan fingerprint density at radius 1 is 0.745 bits per heavy atom. The average molecular weight is 713 g/mol. The smallest absolute Gasteiger partial charge is 0.338 e. The molecule has 0 heterocycles. The van der Waals surface area contributed by atoms with Gasteiger partial charge < -0.3 is 33.5 Å². The van der Waals surface area contributed by atoms with Gasteiger partial charge in [-0.15, -0.1) is 0 Å². The number of hydrogen-bond acceptors (Lipinski definition) is 13. The van der Waals surface area contributed by atoms with Crippen molar-refractivity contribution in [2.75, 3.05) is 0 Å². The van der Waals surface area contributed by atoms with Crippen LogP contribution in [0.3, 0.4) is 0 Å². The molecule has 5 rings (SSSR count). The van der Waals surface area contributed by atoms with E-state index in [9.17, 15) is 33.9 Å². The van der Waals surface area contributed by atoms with Gasteiger partial charge in [-0.1, -0.05) is 39.0 Å². The highest BCUT2D eigenvalue weighted by atomic mass is 16.6. The summed E-state index contributed by atoms with van der Waals surface area (Å²) in [6, 6.07) is 8.13. The number of hydrogen-bond donors (Lipinski definition) is 1. The molecular formula is C38H48O13. The number of aliphatic hydroxyl groups is 1. The first kappa shape index (κ1) is 38.0. The van der Waals surface area contributed by atoms with E-state index in [1.807, 2.05) is 0 Å². The predicted molar refractivity (Wildman–Crippen MR) is 177 cm³/mol. The Balaban J connectivity index is 1.95. The van der Waals surface area contributed by atoms with Gasteiger partial charge in [-0.2, -0.15) is 0 Å². The maximum absolute atomic E-state index is 14.2. The molecule has 278 valence electrons. The lowest BCUT2D eigenvalue weighted by atomic mass is 9.40. The van der Waals surface area contributed by atoms with Crippen molar-refractivity contribution in [3.8, 4) is 0 Å². The average Bonchev–Trinajstić information content (AvgIpc) is 3.00. The Hall–Kier alpha value is -4.26. The van der Waals surface area contributed by atoms with E-state index in [2.05, 4.69) is 0 Å². The van der Waals surface area contributed by atoms with Crippen LogP contribution in [0.5, 0.6) is 0 Å². The van der Waals surface area contributed by atoms with E-state index >= 15 is 0 Å². The lowest BCUT2D eigenvalue weighted by Crippen LogP contribution is -2.80. The highest BCUT2D eigenvalue weighted by Crippen LogP contribution is 2.69. The molecule has 0 amide bonds. The summed E-state index contributed by atoms with van der Waals surface area (Å²) in [5.41, 5.74) is -5.83. The van der Waals surface area contributed by atoms with Crippen LogP contribution in [0.2, 0.25) is 0 Å². The van der Waals surface area contributed by atoms with E-state index in [0.29, 0.717) is 12.0 Å². The Bertz CT molecular complexity index is 1650. The van der Waals surface area contributed by atoms with Crippen LogP contribution in [0, 0.1) is 22.7 Å². The Morgan fingerprint density at radius 3 is 1.84 bits per heavy atom. The summed E-state index contributed by atoms with van der Waals surface area (Å²) >= 11 is 0. The second-order valence-electron chi connectivity index (χ2n) is 15.2. The van der Waals surface area contributed by atoms with Gasteiger partial charge in [0.25, 0.3) is 0 Å². The van der Waals surface area contributed by atoms with E-state index < -0.39 is 100 Å². The third kappa shape index (κ3) is 6.21. The van der Waals surface area contributed by atoms with Crippen molar-refractivity contribution in [2.24, 2.45) is 22.7 Å². The second kappa shape index (κ2) is 13.4. The van der Waals surface area contributed by atoms with Gasteiger partial charge in [0.05, 0.1) is 16.9 Å². The van der Waals surface area contributed by atoms with Crippen LogP contribution in [0.25, 0.3) is 0 Å². The molecule has 0 spiro atoms. The van der Waals surface area contributed by atoms with Crippen LogP contribution >= 0.6 is 0 Å². The third-order valence-electron chi connectivity index (χ3n) is 11.8. The summed E-state index contributed by atoms with van der Waals surface area (Å²) in [6.07, 6.45) is -6.00. The van der Waals surface area contributed by atoms with Crippen molar-refractivity contribution in [3.63, 3.8) is 0 Å². The molecule has 2 bridgehead atoms. The standard InChI is InChI=1S/C38H48O13/c1-19-27(46-20(2)39)18-38(45)33(50-34(44)25-13-11-10-12-14-25)31-36(9,28(47-21(3)40)17-26-15-16-37(26,31)51-24(6)43)32(49-23(5)42)30(48-22(4)41)29(19)35(38,7)8/h10-14,26-28,30-33,45H,15-18H2,1-9H3/t26?,27?,28-,30+,31?,32+,33?,36+,37+,38?/m0/s1. The van der Waals surface area contributed by atoms with Crippen LogP contribution in [-0.2, 0) is 52.4 Å². The topological polar surface area (TPSA) is 178 Å². The molecule has 4 aliphatic carbocycles. The van der Waals surface area contributed by atoms with Gasteiger partial charge in [-0.3, -0.25) is 24.0 Å². The van der Waals surface area contributed by atoms with Crippen molar-refractivity contribution in [3.05, 3.63) is 47.0 Å². The molecule has 3 fully saturated rings. The molecule has 51 heavy (non-hydrogen) atoms. The monoisotopic (exact) mass is 712 g/mol. The van der Waals surface area contributed by atoms with E-state index in [1.165, 1.54) is 34.6 Å². The molecule has 13 nitrogen and oxygen atoms in total. The molecule has 10 atom stereocenters. The van der Waals surface area contributed by atoms with Gasteiger partial charge in [0.15, 0.2) is 12.2 Å². The zero-order valence-electron chi connectivity index (χ0n) is 30.6. The maximum atomic E-state index is 14.2. The zero-order valence-corrected chi connectivity index (χ0v) is 30.6. The normalized spacial score (nSPS) is 36.3. The molecular weight excluding hydrogens is 664 g/mol. The minimum atomic E-state index is -2.14. The van der Waals surface area contributed by atoms with Crippen LogP contribution < -0.4 is 0 Å². The molecule has 1 N–H and O–H groups in total. The molecule has 1 aromatic rings. The predicted octanol–water partition coefficient (Wildman–Crippen LogP) is 4.17. The van der Waals surface area contributed by atoms with E-state index in [-0.39, 0.29) is 30.4 Å². The fourth-order valence-electron chi connectivity index (χ4n) is 9.70. The zero-order chi connectivity index (χ0) is 37.8. The molecule has 0 aliphatic heterocycles. The van der Waals surface area contributed by atoms with Crippen molar-refractivity contribution in [1.82, 2.24) is 0 Å². The summed E-state index contributed by atoms with van der Waals surface area (Å²) in [5, 5.41) is 13.5. The Morgan fingerprint density at radius 2 is 1.33 bits per heavy atom. The fourth-order valence-corrected chi connectivity index (χ4v) is 9.70. The number of esters is 6. The van der Waals surface area contributed by atoms with Gasteiger partial charge in [-0.05, 0) is 49.5 Å². The Labute approximate surface area is 297 Å². The van der Waals surface area contributed by atoms with E-state index in [4.69, 9.17) is 28.4 Å². The quantitative estimate of drug-likeness (QED) is 0.242. The second-order valence-corrected chi connectivity index (χ2v) is 15.2. The van der Waals surface area contributed by atoms with Crippen molar-refractivity contribution < 1.29 is 62.3 Å². The number of carbonyl (C=O) groups excluding carboxylic acids is 6. The van der Waals surface area contributed by atoms with Gasteiger partial charge in [0.2, 0.25) is 0 Å². The minimum Gasteiger partial charge on any atom is -0.462 e. The van der Waals surface area contributed by atoms with Crippen LogP contribution in [0.4, 0.5) is 0 Å². The first-order valence-corrected chi connectivity index (χ1v) is 17.3. The molecule has 0 radical (unpaired) electrons. The Kier molecular flexibility index (Phi) is 9.96. The molecule has 3 saturated carbocycles. The van der Waals surface area contributed by atoms with Gasteiger partial charge in [0.1, 0.15) is 29.5 Å². The van der Waals surface area contributed by atoms with Crippen LogP contribution in [-0.4, -0.2) is 82.6 Å². The lowest BCUT2D eigenvalue weighted by Gasteiger charge is -2.70. The first-order valence-electron chi connectivity index (χ1n) is 17.3. The van der Waals surface area contributed by atoms with Crippen LogP contribution in [0.1, 0.15) is 98.4 Å². The SMILES string of the molecule is CC(=O)OC1CC2(O)C(OC(=O)c3ccccc3)C3[C@@]4(OC(C)=O)CCC4C[C@H](OC(C)=O)[C@@]3(C)[C@H](OC(C)=O)[C@H](OC(C)=O)C(=C1C)C2(C)C. The van der Waals surface area contributed by atoms with Gasteiger partial charge in [0, 0.05) is 52.4 Å². The lowest BCUT2D eigenvalue weighted by molar-refractivity contribution is -0.324. The summed E-state index contributed by atoms with van der Waals surface area (Å²) in [6.45, 7) is 12.8. The van der Waals surface area contributed by atoms with Crippen LogP contribution in [0.15, 0.2) is 41.5 Å². The summed E-state index contributed by atoms with van der Waals surface area (Å²) < 4.78 is 36.9. The van der Waals surface area contributed by atoms with Gasteiger partial charge >= 0.3 is 35.8 Å². The van der Waals surface area contributed by atoms with Crippen molar-refractivity contribution in [1.29, 1.82) is 0 Å². The number of benzene rings is 1. The van der Waals surface area contributed by atoms with E-state index in [1.54, 1.807) is 58.0 Å². The minimum absolute atomic E-state index is 0.152. The highest BCUT2D eigenvalue weighted by Gasteiger charge is 2.78. The number of carbonyl (C=O) groups is 6. The van der Waals surface area contributed by atoms with Gasteiger partial charge in [-0.25, -0.2) is 4.79 Å². The molecule has 4 aliphatic rings. The molecule has 0 saturated heterocycles. The molecule has 5 unspecified atom stereocenters. The fraction of sp³-hybridized carbons (Fsp3) is 0.632.